The molecule has 18 heavy (non-hydrogen) atoms. The molecule has 0 aromatic heterocycles. The van der Waals surface area contributed by atoms with E-state index >= 15 is 0 Å². The van der Waals surface area contributed by atoms with E-state index in [-0.39, 0.29) is 5.97 Å². The Morgan fingerprint density at radius 2 is 2.22 bits per heavy atom. The fourth-order valence-electron chi connectivity index (χ4n) is 2.20. The first-order chi connectivity index (χ1) is 8.61. The Labute approximate surface area is 108 Å². The molecule has 0 radical (unpaired) electrons. The molecular weight excluding hydrogens is 228 g/mol. The van der Waals surface area contributed by atoms with Crippen molar-refractivity contribution in [2.45, 2.75) is 38.7 Å². The number of rotatable bonds is 5. The number of carbonyl (C=O) groups is 1. The first kappa shape index (κ1) is 13.1. The molecule has 0 bridgehead atoms. The van der Waals surface area contributed by atoms with E-state index in [0.717, 1.165) is 24.3 Å². The molecule has 1 aromatic rings. The predicted molar refractivity (Wildman–Crippen MR) is 69.4 cm³/mol. The maximum absolute atomic E-state index is 11.7. The van der Waals surface area contributed by atoms with E-state index in [0.29, 0.717) is 11.1 Å². The molecule has 3 heteroatoms. The third-order valence-corrected chi connectivity index (χ3v) is 3.52. The minimum Gasteiger partial charge on any atom is -0.465 e. The van der Waals surface area contributed by atoms with Crippen molar-refractivity contribution in [3.05, 3.63) is 34.9 Å². The normalized spacial score (nSPS) is 16.4. The molecule has 0 saturated heterocycles. The van der Waals surface area contributed by atoms with E-state index in [1.165, 1.54) is 20.0 Å². The fourth-order valence-corrected chi connectivity index (χ4v) is 2.20. The van der Waals surface area contributed by atoms with Gasteiger partial charge in [0, 0.05) is 0 Å². The molecule has 0 amide bonds. The highest BCUT2D eigenvalue weighted by Gasteiger charge is 2.24. The van der Waals surface area contributed by atoms with Gasteiger partial charge in [-0.1, -0.05) is 30.5 Å². The van der Waals surface area contributed by atoms with Crippen molar-refractivity contribution in [1.82, 2.24) is 0 Å². The SMILES string of the molecule is COC(=O)c1cc(C)ccc1C(O)CCC1CC1. The Balaban J connectivity index is 2.15. The van der Waals surface area contributed by atoms with Gasteiger partial charge >= 0.3 is 5.97 Å². The zero-order valence-electron chi connectivity index (χ0n) is 11.0. The molecule has 1 aliphatic rings. The van der Waals surface area contributed by atoms with Crippen LogP contribution >= 0.6 is 0 Å². The number of benzene rings is 1. The van der Waals surface area contributed by atoms with Crippen molar-refractivity contribution in [3.8, 4) is 0 Å². The lowest BCUT2D eigenvalue weighted by Crippen LogP contribution is -2.10. The highest BCUT2D eigenvalue weighted by Crippen LogP contribution is 2.36. The van der Waals surface area contributed by atoms with Crippen LogP contribution in [0, 0.1) is 12.8 Å². The van der Waals surface area contributed by atoms with Crippen LogP contribution in [0.25, 0.3) is 0 Å². The van der Waals surface area contributed by atoms with E-state index in [4.69, 9.17) is 4.74 Å². The Bertz CT molecular complexity index is 435. The van der Waals surface area contributed by atoms with Crippen LogP contribution in [-0.2, 0) is 4.74 Å². The molecule has 0 spiro atoms. The first-order valence-electron chi connectivity index (χ1n) is 6.48. The molecule has 0 aliphatic heterocycles. The number of aryl methyl sites for hydroxylation is 1. The Morgan fingerprint density at radius 3 is 2.83 bits per heavy atom. The summed E-state index contributed by atoms with van der Waals surface area (Å²) in [5, 5.41) is 10.2. The molecule has 1 atom stereocenters. The van der Waals surface area contributed by atoms with Crippen molar-refractivity contribution >= 4 is 5.97 Å². The third kappa shape index (κ3) is 3.10. The van der Waals surface area contributed by atoms with Crippen molar-refractivity contribution in [2.24, 2.45) is 5.92 Å². The topological polar surface area (TPSA) is 46.5 Å². The van der Waals surface area contributed by atoms with E-state index in [9.17, 15) is 9.90 Å². The summed E-state index contributed by atoms with van der Waals surface area (Å²) < 4.78 is 4.77. The number of aliphatic hydroxyl groups is 1. The highest BCUT2D eigenvalue weighted by atomic mass is 16.5. The highest BCUT2D eigenvalue weighted by molar-refractivity contribution is 5.91. The minimum atomic E-state index is -0.569. The summed E-state index contributed by atoms with van der Waals surface area (Å²) in [5.41, 5.74) is 2.17. The van der Waals surface area contributed by atoms with Gasteiger partial charge in [-0.3, -0.25) is 0 Å². The van der Waals surface area contributed by atoms with Crippen molar-refractivity contribution in [2.75, 3.05) is 7.11 Å². The summed E-state index contributed by atoms with van der Waals surface area (Å²) >= 11 is 0. The number of ether oxygens (including phenoxy) is 1. The second kappa shape index (κ2) is 5.53. The molecule has 3 nitrogen and oxygen atoms in total. The third-order valence-electron chi connectivity index (χ3n) is 3.52. The number of esters is 1. The summed E-state index contributed by atoms with van der Waals surface area (Å²) in [7, 11) is 1.37. The van der Waals surface area contributed by atoms with Gasteiger partial charge in [-0.25, -0.2) is 4.79 Å². The van der Waals surface area contributed by atoms with Crippen LogP contribution in [0.1, 0.15) is 53.3 Å². The quantitative estimate of drug-likeness (QED) is 0.815. The van der Waals surface area contributed by atoms with Crippen LogP contribution < -0.4 is 0 Å². The smallest absolute Gasteiger partial charge is 0.338 e. The maximum Gasteiger partial charge on any atom is 0.338 e. The maximum atomic E-state index is 11.7. The van der Waals surface area contributed by atoms with Crippen LogP contribution in [0.4, 0.5) is 0 Å². The summed E-state index contributed by atoms with van der Waals surface area (Å²) in [5.74, 6) is 0.408. The minimum absolute atomic E-state index is 0.376. The Hall–Kier alpha value is -1.35. The van der Waals surface area contributed by atoms with Crippen LogP contribution in [0.5, 0.6) is 0 Å². The van der Waals surface area contributed by atoms with Gasteiger partial charge in [-0.2, -0.15) is 0 Å². The molecule has 1 unspecified atom stereocenters. The van der Waals surface area contributed by atoms with Gasteiger partial charge in [0.2, 0.25) is 0 Å². The zero-order valence-corrected chi connectivity index (χ0v) is 11.0. The number of hydrogen-bond donors (Lipinski definition) is 1. The monoisotopic (exact) mass is 248 g/mol. The van der Waals surface area contributed by atoms with Crippen LogP contribution in [0.15, 0.2) is 18.2 Å². The lowest BCUT2D eigenvalue weighted by Gasteiger charge is -2.15. The Kier molecular flexibility index (Phi) is 4.02. The van der Waals surface area contributed by atoms with Gasteiger partial charge in [0.25, 0.3) is 0 Å². The largest absolute Gasteiger partial charge is 0.465 e. The molecular formula is C15H20O3. The number of hydrogen-bond acceptors (Lipinski definition) is 3. The number of methoxy groups -OCH3 is 1. The first-order valence-corrected chi connectivity index (χ1v) is 6.48. The summed E-state index contributed by atoms with van der Waals surface area (Å²) in [6.07, 6.45) is 3.75. The molecule has 1 saturated carbocycles. The van der Waals surface area contributed by atoms with Gasteiger partial charge in [0.1, 0.15) is 0 Å². The molecule has 1 aliphatic carbocycles. The molecule has 98 valence electrons. The second-order valence-corrected chi connectivity index (χ2v) is 5.12. The lowest BCUT2D eigenvalue weighted by atomic mass is 9.96. The van der Waals surface area contributed by atoms with Gasteiger partial charge in [0.05, 0.1) is 18.8 Å². The van der Waals surface area contributed by atoms with Crippen LogP contribution in [-0.4, -0.2) is 18.2 Å². The Morgan fingerprint density at radius 1 is 1.50 bits per heavy atom. The van der Waals surface area contributed by atoms with E-state index in [2.05, 4.69) is 0 Å². The molecule has 1 aromatic carbocycles. The zero-order chi connectivity index (χ0) is 13.1. The summed E-state index contributed by atoms with van der Waals surface area (Å²) in [6, 6.07) is 5.53. The summed E-state index contributed by atoms with van der Waals surface area (Å²) in [4.78, 5) is 11.7. The predicted octanol–water partition coefficient (Wildman–Crippen LogP) is 3.01. The van der Waals surface area contributed by atoms with Crippen molar-refractivity contribution in [3.63, 3.8) is 0 Å². The van der Waals surface area contributed by atoms with Gasteiger partial charge < -0.3 is 9.84 Å². The second-order valence-electron chi connectivity index (χ2n) is 5.12. The van der Waals surface area contributed by atoms with Crippen molar-refractivity contribution < 1.29 is 14.6 Å². The lowest BCUT2D eigenvalue weighted by molar-refractivity contribution is 0.0592. The molecule has 2 rings (SSSR count). The van der Waals surface area contributed by atoms with E-state index < -0.39 is 6.10 Å². The number of carbonyl (C=O) groups excluding carboxylic acids is 1. The summed E-state index contributed by atoms with van der Waals surface area (Å²) in [6.45, 7) is 1.92. The average Bonchev–Trinajstić information content (AvgIpc) is 3.19. The average molecular weight is 248 g/mol. The van der Waals surface area contributed by atoms with Gasteiger partial charge in [0.15, 0.2) is 0 Å². The molecule has 0 heterocycles. The fraction of sp³-hybridized carbons (Fsp3) is 0.533. The van der Waals surface area contributed by atoms with Crippen LogP contribution in [0.2, 0.25) is 0 Å². The molecule has 1 N–H and O–H groups in total. The van der Waals surface area contributed by atoms with Gasteiger partial charge in [-0.05, 0) is 37.3 Å². The van der Waals surface area contributed by atoms with E-state index in [1.54, 1.807) is 6.07 Å². The van der Waals surface area contributed by atoms with Gasteiger partial charge in [-0.15, -0.1) is 0 Å². The van der Waals surface area contributed by atoms with Crippen LogP contribution in [0.3, 0.4) is 0 Å². The van der Waals surface area contributed by atoms with Crippen molar-refractivity contribution in [1.29, 1.82) is 0 Å². The number of aliphatic hydroxyl groups excluding tert-OH is 1. The molecule has 1 fully saturated rings. The van der Waals surface area contributed by atoms with E-state index in [1.807, 2.05) is 19.1 Å². The standard InChI is InChI=1S/C15H20O3/c1-10-3-7-12(13(9-10)15(17)18-2)14(16)8-6-11-4-5-11/h3,7,9,11,14,16H,4-6,8H2,1-2H3.